The molecule has 0 radical (unpaired) electrons. The van der Waals surface area contributed by atoms with E-state index in [-0.39, 0.29) is 5.92 Å². The van der Waals surface area contributed by atoms with E-state index in [0.29, 0.717) is 17.2 Å². The molecule has 114 valence electrons. The Morgan fingerprint density at radius 2 is 1.90 bits per heavy atom. The molecular formula is C17H23ClN2O. The molecular weight excluding hydrogens is 284 g/mol. The van der Waals surface area contributed by atoms with Crippen molar-refractivity contribution < 1.29 is 4.74 Å². The SMILES string of the molecule is CC1CN(CCCC(C#N)c2ccc(Cl)cc2)CC(C)O1. The van der Waals surface area contributed by atoms with E-state index < -0.39 is 0 Å². The summed E-state index contributed by atoms with van der Waals surface area (Å²) in [5, 5.41) is 10.1. The minimum Gasteiger partial charge on any atom is -0.373 e. The Hall–Kier alpha value is -1.08. The number of rotatable bonds is 5. The van der Waals surface area contributed by atoms with Crippen LogP contribution in [0.3, 0.4) is 0 Å². The molecule has 3 unspecified atom stereocenters. The number of hydrogen-bond acceptors (Lipinski definition) is 3. The van der Waals surface area contributed by atoms with Crippen molar-refractivity contribution >= 4 is 11.6 Å². The molecule has 0 aliphatic carbocycles. The first-order valence-electron chi connectivity index (χ1n) is 7.61. The molecule has 1 heterocycles. The van der Waals surface area contributed by atoms with Gasteiger partial charge in [0, 0.05) is 18.1 Å². The predicted molar refractivity (Wildman–Crippen MR) is 85.5 cm³/mol. The van der Waals surface area contributed by atoms with Gasteiger partial charge in [0.25, 0.3) is 0 Å². The molecule has 3 atom stereocenters. The van der Waals surface area contributed by atoms with Gasteiger partial charge < -0.3 is 4.74 Å². The zero-order chi connectivity index (χ0) is 15.2. The second-order valence-corrected chi connectivity index (χ2v) is 6.33. The lowest BCUT2D eigenvalue weighted by Gasteiger charge is -2.35. The zero-order valence-electron chi connectivity index (χ0n) is 12.8. The summed E-state index contributed by atoms with van der Waals surface area (Å²) in [5.74, 6) is -0.0434. The van der Waals surface area contributed by atoms with Crippen LogP contribution in [0.15, 0.2) is 24.3 Å². The van der Waals surface area contributed by atoms with E-state index >= 15 is 0 Å². The monoisotopic (exact) mass is 306 g/mol. The maximum Gasteiger partial charge on any atom is 0.0713 e. The molecule has 1 aliphatic rings. The van der Waals surface area contributed by atoms with Crippen LogP contribution in [-0.2, 0) is 4.74 Å². The Morgan fingerprint density at radius 3 is 2.48 bits per heavy atom. The molecule has 0 saturated carbocycles. The van der Waals surface area contributed by atoms with E-state index in [2.05, 4.69) is 24.8 Å². The van der Waals surface area contributed by atoms with Gasteiger partial charge >= 0.3 is 0 Å². The van der Waals surface area contributed by atoms with Crippen molar-refractivity contribution in [3.05, 3.63) is 34.9 Å². The second kappa shape index (κ2) is 7.79. The number of morpholine rings is 1. The van der Waals surface area contributed by atoms with Gasteiger partial charge in [-0.25, -0.2) is 0 Å². The number of nitriles is 1. The fraction of sp³-hybridized carbons (Fsp3) is 0.588. The van der Waals surface area contributed by atoms with Crippen LogP contribution in [0.4, 0.5) is 0 Å². The van der Waals surface area contributed by atoms with E-state index in [4.69, 9.17) is 16.3 Å². The number of ether oxygens (including phenoxy) is 1. The van der Waals surface area contributed by atoms with Gasteiger partial charge in [-0.2, -0.15) is 5.26 Å². The van der Waals surface area contributed by atoms with Gasteiger partial charge in [0.15, 0.2) is 0 Å². The minimum atomic E-state index is -0.0434. The van der Waals surface area contributed by atoms with Gasteiger partial charge in [-0.3, -0.25) is 4.90 Å². The van der Waals surface area contributed by atoms with Gasteiger partial charge in [-0.15, -0.1) is 0 Å². The highest BCUT2D eigenvalue weighted by Gasteiger charge is 2.22. The number of benzene rings is 1. The number of halogens is 1. The Balaban J connectivity index is 1.81. The molecule has 0 amide bonds. The van der Waals surface area contributed by atoms with Crippen LogP contribution in [0, 0.1) is 11.3 Å². The van der Waals surface area contributed by atoms with Gasteiger partial charge in [0.1, 0.15) is 0 Å². The first-order chi connectivity index (χ1) is 10.1. The summed E-state index contributed by atoms with van der Waals surface area (Å²) >= 11 is 5.89. The highest BCUT2D eigenvalue weighted by atomic mass is 35.5. The van der Waals surface area contributed by atoms with Gasteiger partial charge in [0.05, 0.1) is 24.2 Å². The minimum absolute atomic E-state index is 0.0434. The summed E-state index contributed by atoms with van der Waals surface area (Å²) in [4.78, 5) is 2.44. The summed E-state index contributed by atoms with van der Waals surface area (Å²) < 4.78 is 5.74. The molecule has 4 heteroatoms. The molecule has 1 fully saturated rings. The Morgan fingerprint density at radius 1 is 1.29 bits per heavy atom. The lowest BCUT2D eigenvalue weighted by molar-refractivity contribution is -0.0681. The second-order valence-electron chi connectivity index (χ2n) is 5.89. The number of nitrogens with zero attached hydrogens (tertiary/aromatic N) is 2. The first kappa shape index (κ1) is 16.3. The topological polar surface area (TPSA) is 36.3 Å². The maximum absolute atomic E-state index is 9.35. The number of hydrogen-bond donors (Lipinski definition) is 0. The zero-order valence-corrected chi connectivity index (χ0v) is 13.5. The van der Waals surface area contributed by atoms with Gasteiger partial charge in [0.2, 0.25) is 0 Å². The van der Waals surface area contributed by atoms with E-state index in [1.807, 2.05) is 24.3 Å². The van der Waals surface area contributed by atoms with E-state index in [9.17, 15) is 5.26 Å². The molecule has 1 aromatic carbocycles. The first-order valence-corrected chi connectivity index (χ1v) is 7.99. The van der Waals surface area contributed by atoms with Crippen LogP contribution in [0.1, 0.15) is 38.2 Å². The van der Waals surface area contributed by atoms with Crippen LogP contribution in [0.5, 0.6) is 0 Å². The van der Waals surface area contributed by atoms with Crippen molar-refractivity contribution in [3.63, 3.8) is 0 Å². The summed E-state index contributed by atoms with van der Waals surface area (Å²) in [6.45, 7) is 7.25. The van der Waals surface area contributed by atoms with Gasteiger partial charge in [-0.1, -0.05) is 23.7 Å². The molecule has 0 bridgehead atoms. The summed E-state index contributed by atoms with van der Waals surface area (Å²) in [6.07, 6.45) is 2.52. The highest BCUT2D eigenvalue weighted by Crippen LogP contribution is 2.23. The molecule has 0 N–H and O–H groups in total. The Kier molecular flexibility index (Phi) is 6.05. The van der Waals surface area contributed by atoms with Crippen LogP contribution >= 0.6 is 11.6 Å². The van der Waals surface area contributed by atoms with Gasteiger partial charge in [-0.05, 0) is 50.9 Å². The normalized spacial score (nSPS) is 24.5. The lowest BCUT2D eigenvalue weighted by atomic mass is 9.95. The molecule has 0 spiro atoms. The predicted octanol–water partition coefficient (Wildman–Crippen LogP) is 3.84. The largest absolute Gasteiger partial charge is 0.373 e. The Labute approximate surface area is 132 Å². The molecule has 21 heavy (non-hydrogen) atoms. The molecule has 0 aromatic heterocycles. The van der Waals surface area contributed by atoms with Crippen molar-refractivity contribution in [2.75, 3.05) is 19.6 Å². The van der Waals surface area contributed by atoms with Crippen LogP contribution in [0.25, 0.3) is 0 Å². The summed E-state index contributed by atoms with van der Waals surface area (Å²) in [5.41, 5.74) is 1.06. The fourth-order valence-corrected chi connectivity index (χ4v) is 3.11. The van der Waals surface area contributed by atoms with Crippen LogP contribution in [0.2, 0.25) is 5.02 Å². The van der Waals surface area contributed by atoms with E-state index in [1.165, 1.54) is 0 Å². The van der Waals surface area contributed by atoms with E-state index in [1.54, 1.807) is 0 Å². The van der Waals surface area contributed by atoms with Crippen molar-refractivity contribution in [1.29, 1.82) is 5.26 Å². The molecule has 1 aromatic rings. The summed E-state index contributed by atoms with van der Waals surface area (Å²) in [7, 11) is 0. The molecule has 1 aliphatic heterocycles. The summed E-state index contributed by atoms with van der Waals surface area (Å²) in [6, 6.07) is 10.0. The van der Waals surface area contributed by atoms with Crippen molar-refractivity contribution in [2.45, 2.75) is 44.8 Å². The third kappa shape index (κ3) is 5.00. The quantitative estimate of drug-likeness (QED) is 0.829. The third-order valence-corrected chi connectivity index (χ3v) is 4.14. The lowest BCUT2D eigenvalue weighted by Crippen LogP contribution is -2.45. The standard InChI is InChI=1S/C17H23ClN2O/c1-13-11-20(12-14(2)21-13)9-3-4-16(10-19)15-5-7-17(18)8-6-15/h5-8,13-14,16H,3-4,9,11-12H2,1-2H3. The molecule has 3 nitrogen and oxygen atoms in total. The average molecular weight is 307 g/mol. The smallest absolute Gasteiger partial charge is 0.0713 e. The van der Waals surface area contributed by atoms with E-state index in [0.717, 1.165) is 38.0 Å². The molecule has 2 rings (SSSR count). The van der Waals surface area contributed by atoms with Crippen molar-refractivity contribution in [2.24, 2.45) is 0 Å². The maximum atomic E-state index is 9.35. The van der Waals surface area contributed by atoms with Crippen LogP contribution in [-0.4, -0.2) is 36.7 Å². The van der Waals surface area contributed by atoms with Crippen molar-refractivity contribution in [3.8, 4) is 6.07 Å². The third-order valence-electron chi connectivity index (χ3n) is 3.89. The van der Waals surface area contributed by atoms with Crippen LogP contribution < -0.4 is 0 Å². The molecule has 1 saturated heterocycles. The Bertz CT molecular complexity index is 473. The van der Waals surface area contributed by atoms with Crippen molar-refractivity contribution in [1.82, 2.24) is 4.90 Å². The fourth-order valence-electron chi connectivity index (χ4n) is 2.99. The highest BCUT2D eigenvalue weighted by molar-refractivity contribution is 6.30. The average Bonchev–Trinajstić information content (AvgIpc) is 2.44.